The summed E-state index contributed by atoms with van der Waals surface area (Å²) >= 11 is 1.54. The van der Waals surface area contributed by atoms with Crippen LogP contribution in [-0.2, 0) is 4.79 Å². The summed E-state index contributed by atoms with van der Waals surface area (Å²) in [5.74, 6) is -0.116. The van der Waals surface area contributed by atoms with Gasteiger partial charge in [0.05, 0.1) is 16.6 Å². The molecule has 2 heterocycles. The smallest absolute Gasteiger partial charge is 0.305 e. The van der Waals surface area contributed by atoms with Gasteiger partial charge in [-0.3, -0.25) is 4.79 Å². The van der Waals surface area contributed by atoms with Crippen molar-refractivity contribution < 1.29 is 9.90 Å². The van der Waals surface area contributed by atoms with Gasteiger partial charge in [-0.1, -0.05) is 0 Å². The van der Waals surface area contributed by atoms with Crippen LogP contribution in [-0.4, -0.2) is 27.6 Å². The molecule has 2 N–H and O–H groups in total. The van der Waals surface area contributed by atoms with Crippen molar-refractivity contribution in [2.24, 2.45) is 0 Å². The number of fused-ring (bicyclic) bond motifs is 1. The highest BCUT2D eigenvalue weighted by Crippen LogP contribution is 2.24. The summed E-state index contributed by atoms with van der Waals surface area (Å²) in [4.78, 5) is 18.5. The summed E-state index contributed by atoms with van der Waals surface area (Å²) < 4.78 is 0.961. The van der Waals surface area contributed by atoms with E-state index in [1.165, 1.54) is 17.7 Å². The molecule has 0 atom stereocenters. The molecule has 2 aromatic rings. The van der Waals surface area contributed by atoms with Crippen LogP contribution < -0.4 is 5.32 Å². The third-order valence-electron chi connectivity index (χ3n) is 1.87. The lowest BCUT2D eigenvalue weighted by atomic mass is 10.4. The Morgan fingerprint density at radius 3 is 3.20 bits per heavy atom. The number of aliphatic carboxylic acids is 1. The molecule has 2 aromatic heterocycles. The molecular weight excluding hydrogens is 214 g/mol. The third kappa shape index (κ3) is 2.21. The van der Waals surface area contributed by atoms with Crippen LogP contribution in [0.4, 0.5) is 5.82 Å². The predicted octanol–water partition coefficient (Wildman–Crippen LogP) is 1.58. The van der Waals surface area contributed by atoms with Crippen molar-refractivity contribution >= 4 is 33.3 Å². The summed E-state index contributed by atoms with van der Waals surface area (Å²) in [6, 6.07) is 1.91. The number of hydrogen-bond acceptors (Lipinski definition) is 5. The first-order valence-corrected chi connectivity index (χ1v) is 5.29. The number of nitrogens with one attached hydrogen (secondary N) is 1. The van der Waals surface area contributed by atoms with Gasteiger partial charge in [0.1, 0.15) is 12.1 Å². The molecule has 0 spiro atoms. The van der Waals surface area contributed by atoms with Crippen molar-refractivity contribution in [3.05, 3.63) is 17.8 Å². The normalized spacial score (nSPS) is 10.4. The maximum atomic E-state index is 10.3. The van der Waals surface area contributed by atoms with Crippen LogP contribution >= 0.6 is 11.3 Å². The Hall–Kier alpha value is -1.69. The van der Waals surface area contributed by atoms with Crippen molar-refractivity contribution in [1.29, 1.82) is 0 Å². The number of carboxylic acids is 1. The van der Waals surface area contributed by atoms with Crippen LogP contribution in [0.25, 0.3) is 10.2 Å². The number of aromatic nitrogens is 2. The Morgan fingerprint density at radius 2 is 2.40 bits per heavy atom. The van der Waals surface area contributed by atoms with Gasteiger partial charge in [-0.25, -0.2) is 9.97 Å². The van der Waals surface area contributed by atoms with E-state index in [0.29, 0.717) is 12.4 Å². The Bertz CT molecular complexity index is 483. The predicted molar refractivity (Wildman–Crippen MR) is 58.2 cm³/mol. The fourth-order valence-corrected chi connectivity index (χ4v) is 2.01. The van der Waals surface area contributed by atoms with E-state index in [2.05, 4.69) is 15.3 Å². The number of thiophene rings is 1. The average molecular weight is 223 g/mol. The monoisotopic (exact) mass is 223 g/mol. The summed E-state index contributed by atoms with van der Waals surface area (Å²) in [7, 11) is 0. The first-order chi connectivity index (χ1) is 7.27. The van der Waals surface area contributed by atoms with E-state index < -0.39 is 5.97 Å². The topological polar surface area (TPSA) is 75.1 Å². The van der Waals surface area contributed by atoms with Crippen LogP contribution in [0.15, 0.2) is 17.8 Å². The van der Waals surface area contributed by atoms with E-state index in [4.69, 9.17) is 5.11 Å². The number of rotatable bonds is 4. The van der Waals surface area contributed by atoms with Crippen LogP contribution in [0.5, 0.6) is 0 Å². The minimum atomic E-state index is -0.820. The number of carbonyl (C=O) groups is 1. The van der Waals surface area contributed by atoms with Gasteiger partial charge in [-0.15, -0.1) is 11.3 Å². The molecule has 0 fully saturated rings. The zero-order valence-corrected chi connectivity index (χ0v) is 8.62. The molecular formula is C9H9N3O2S. The lowest BCUT2D eigenvalue weighted by Crippen LogP contribution is -2.08. The van der Waals surface area contributed by atoms with Crippen molar-refractivity contribution in [1.82, 2.24) is 9.97 Å². The van der Waals surface area contributed by atoms with E-state index in [9.17, 15) is 4.79 Å². The average Bonchev–Trinajstić information content (AvgIpc) is 2.65. The molecule has 0 saturated heterocycles. The molecule has 0 aliphatic heterocycles. The highest BCUT2D eigenvalue weighted by Gasteiger charge is 2.04. The van der Waals surface area contributed by atoms with Gasteiger partial charge >= 0.3 is 5.97 Å². The lowest BCUT2D eigenvalue weighted by molar-refractivity contribution is -0.136. The zero-order valence-electron chi connectivity index (χ0n) is 7.80. The fraction of sp³-hybridized carbons (Fsp3) is 0.222. The molecule has 5 nitrogen and oxygen atoms in total. The van der Waals surface area contributed by atoms with Gasteiger partial charge in [0.15, 0.2) is 0 Å². The molecule has 0 unspecified atom stereocenters. The van der Waals surface area contributed by atoms with Gasteiger partial charge in [0, 0.05) is 6.54 Å². The number of anilines is 1. The van der Waals surface area contributed by atoms with Gasteiger partial charge in [0.2, 0.25) is 0 Å². The van der Waals surface area contributed by atoms with Crippen molar-refractivity contribution in [3.8, 4) is 0 Å². The second kappa shape index (κ2) is 4.22. The number of hydrogen-bond donors (Lipinski definition) is 2. The summed E-state index contributed by atoms with van der Waals surface area (Å²) in [5.41, 5.74) is 0.882. The number of nitrogens with zero attached hydrogens (tertiary/aromatic N) is 2. The standard InChI is InChI=1S/C9H9N3O2S/c13-7(14)1-3-10-9-8-6(2-4-15-8)11-5-12-9/h2,4-5H,1,3H2,(H,13,14)(H,10,11,12). The molecule has 6 heteroatoms. The van der Waals surface area contributed by atoms with Crippen LogP contribution in [0.1, 0.15) is 6.42 Å². The van der Waals surface area contributed by atoms with Crippen molar-refractivity contribution in [3.63, 3.8) is 0 Å². The Balaban J connectivity index is 2.13. The van der Waals surface area contributed by atoms with Crippen LogP contribution in [0.2, 0.25) is 0 Å². The Morgan fingerprint density at radius 1 is 1.53 bits per heavy atom. The van der Waals surface area contributed by atoms with Crippen LogP contribution in [0.3, 0.4) is 0 Å². The zero-order chi connectivity index (χ0) is 10.7. The largest absolute Gasteiger partial charge is 0.481 e. The molecule has 0 amide bonds. The molecule has 0 bridgehead atoms. The number of carboxylic acid groups (broad SMARTS) is 1. The van der Waals surface area contributed by atoms with E-state index in [1.807, 2.05) is 11.4 Å². The minimum absolute atomic E-state index is 0.0802. The van der Waals surface area contributed by atoms with E-state index >= 15 is 0 Å². The van der Waals surface area contributed by atoms with Crippen molar-refractivity contribution in [2.75, 3.05) is 11.9 Å². The molecule has 0 saturated carbocycles. The highest BCUT2D eigenvalue weighted by molar-refractivity contribution is 7.17. The Kier molecular flexibility index (Phi) is 2.77. The third-order valence-corrected chi connectivity index (χ3v) is 2.78. The highest BCUT2D eigenvalue weighted by atomic mass is 32.1. The SMILES string of the molecule is O=C(O)CCNc1ncnc2ccsc12. The molecule has 15 heavy (non-hydrogen) atoms. The van der Waals surface area contributed by atoms with E-state index in [0.717, 1.165) is 10.2 Å². The quantitative estimate of drug-likeness (QED) is 0.823. The first kappa shape index (κ1) is 9.85. The maximum Gasteiger partial charge on any atom is 0.305 e. The summed E-state index contributed by atoms with van der Waals surface area (Å²) in [5, 5.41) is 13.4. The minimum Gasteiger partial charge on any atom is -0.481 e. The molecule has 0 aromatic carbocycles. The molecule has 0 radical (unpaired) electrons. The second-order valence-electron chi connectivity index (χ2n) is 2.93. The molecule has 0 aliphatic carbocycles. The van der Waals surface area contributed by atoms with E-state index in [1.54, 1.807) is 0 Å². The maximum absolute atomic E-state index is 10.3. The Labute approximate surface area is 89.8 Å². The van der Waals surface area contributed by atoms with Gasteiger partial charge in [0.25, 0.3) is 0 Å². The van der Waals surface area contributed by atoms with Gasteiger partial charge < -0.3 is 10.4 Å². The molecule has 78 valence electrons. The first-order valence-electron chi connectivity index (χ1n) is 4.41. The summed E-state index contributed by atoms with van der Waals surface area (Å²) in [6.07, 6.45) is 1.55. The van der Waals surface area contributed by atoms with Gasteiger partial charge in [-0.2, -0.15) is 0 Å². The van der Waals surface area contributed by atoms with Gasteiger partial charge in [-0.05, 0) is 11.4 Å². The van der Waals surface area contributed by atoms with Crippen molar-refractivity contribution in [2.45, 2.75) is 6.42 Å². The molecule has 2 rings (SSSR count). The van der Waals surface area contributed by atoms with E-state index in [-0.39, 0.29) is 6.42 Å². The lowest BCUT2D eigenvalue weighted by Gasteiger charge is -2.03. The second-order valence-corrected chi connectivity index (χ2v) is 3.84. The molecule has 0 aliphatic rings. The summed E-state index contributed by atoms with van der Waals surface area (Å²) in [6.45, 7) is 0.374. The van der Waals surface area contributed by atoms with Crippen LogP contribution in [0, 0.1) is 0 Å². The fourth-order valence-electron chi connectivity index (χ4n) is 1.20.